The Bertz CT molecular complexity index is 629. The van der Waals surface area contributed by atoms with E-state index in [1.54, 1.807) is 6.07 Å². The molecule has 0 unspecified atom stereocenters. The van der Waals surface area contributed by atoms with Crippen molar-refractivity contribution in [1.82, 2.24) is 0 Å². The van der Waals surface area contributed by atoms with Crippen LogP contribution in [-0.4, -0.2) is 13.4 Å². The molecule has 0 saturated heterocycles. The average Bonchev–Trinajstić information content (AvgIpc) is 2.88. The van der Waals surface area contributed by atoms with Crippen molar-refractivity contribution in [1.29, 1.82) is 0 Å². The highest BCUT2D eigenvalue weighted by Crippen LogP contribution is 2.40. The number of nitrogens with one attached hydrogen (secondary N) is 1. The van der Waals surface area contributed by atoms with Crippen LogP contribution >= 0.6 is 0 Å². The van der Waals surface area contributed by atoms with Crippen molar-refractivity contribution in [2.75, 3.05) is 24.5 Å². The minimum atomic E-state index is 0.230. The first-order chi connectivity index (χ1) is 9.78. The summed E-state index contributed by atoms with van der Waals surface area (Å²) in [5.41, 5.74) is 8.25. The van der Waals surface area contributed by atoms with Gasteiger partial charge in [0.15, 0.2) is 11.5 Å². The molecular weight excluding hydrogens is 256 g/mol. The Kier molecular flexibility index (Phi) is 3.25. The third-order valence-electron chi connectivity index (χ3n) is 3.00. The number of hydrogen-bond acceptors (Lipinski definition) is 5. The quantitative estimate of drug-likeness (QED) is 0.837. The van der Waals surface area contributed by atoms with Gasteiger partial charge in [0, 0.05) is 12.1 Å². The predicted molar refractivity (Wildman–Crippen MR) is 77.9 cm³/mol. The summed E-state index contributed by atoms with van der Waals surface area (Å²) in [4.78, 5) is 0. The largest absolute Gasteiger partial charge is 0.492 e. The Morgan fingerprint density at radius 3 is 2.70 bits per heavy atom. The lowest BCUT2D eigenvalue weighted by Gasteiger charge is -2.14. The maximum absolute atomic E-state index is 6.03. The molecule has 0 spiro atoms. The molecular formula is C15H16N2O3. The SMILES string of the molecule is CCOc1ccccc1Nc1cc2c(cc1N)OCO2. The van der Waals surface area contributed by atoms with Crippen LogP contribution in [-0.2, 0) is 0 Å². The van der Waals surface area contributed by atoms with Crippen LogP contribution in [0.25, 0.3) is 0 Å². The molecule has 0 bridgehead atoms. The highest BCUT2D eigenvalue weighted by molar-refractivity contribution is 5.78. The zero-order valence-electron chi connectivity index (χ0n) is 11.2. The lowest BCUT2D eigenvalue weighted by atomic mass is 10.2. The van der Waals surface area contributed by atoms with E-state index in [1.807, 2.05) is 37.3 Å². The van der Waals surface area contributed by atoms with Crippen LogP contribution in [0.2, 0.25) is 0 Å². The summed E-state index contributed by atoms with van der Waals surface area (Å²) in [6, 6.07) is 11.3. The molecule has 0 radical (unpaired) electrons. The molecule has 1 aliphatic rings. The second-order valence-electron chi connectivity index (χ2n) is 4.35. The van der Waals surface area contributed by atoms with Crippen LogP contribution in [0.5, 0.6) is 17.2 Å². The van der Waals surface area contributed by atoms with E-state index in [0.717, 1.165) is 17.1 Å². The molecule has 5 nitrogen and oxygen atoms in total. The van der Waals surface area contributed by atoms with Crippen molar-refractivity contribution in [2.24, 2.45) is 0 Å². The minimum Gasteiger partial charge on any atom is -0.492 e. The van der Waals surface area contributed by atoms with Gasteiger partial charge in [-0.15, -0.1) is 0 Å². The second kappa shape index (κ2) is 5.21. The normalized spacial score (nSPS) is 12.2. The average molecular weight is 272 g/mol. The lowest BCUT2D eigenvalue weighted by Crippen LogP contribution is -2.00. The number of anilines is 3. The molecule has 3 N–H and O–H groups in total. The van der Waals surface area contributed by atoms with Gasteiger partial charge in [-0.1, -0.05) is 12.1 Å². The van der Waals surface area contributed by atoms with Crippen LogP contribution in [0.3, 0.4) is 0 Å². The minimum absolute atomic E-state index is 0.230. The number of ether oxygens (including phenoxy) is 3. The van der Waals surface area contributed by atoms with E-state index in [-0.39, 0.29) is 6.79 Å². The van der Waals surface area contributed by atoms with Gasteiger partial charge in [0.2, 0.25) is 6.79 Å². The molecule has 1 heterocycles. The molecule has 0 atom stereocenters. The van der Waals surface area contributed by atoms with Crippen molar-refractivity contribution < 1.29 is 14.2 Å². The third-order valence-corrected chi connectivity index (χ3v) is 3.00. The summed E-state index contributed by atoms with van der Waals surface area (Å²) >= 11 is 0. The molecule has 1 aliphatic heterocycles. The highest BCUT2D eigenvalue weighted by Gasteiger charge is 2.16. The first-order valence-electron chi connectivity index (χ1n) is 6.46. The summed E-state index contributed by atoms with van der Waals surface area (Å²) in [7, 11) is 0. The summed E-state index contributed by atoms with van der Waals surface area (Å²) < 4.78 is 16.2. The standard InChI is InChI=1S/C15H16N2O3/c1-2-18-13-6-4-3-5-11(13)17-12-8-15-14(7-10(12)16)19-9-20-15/h3-8,17H,2,9,16H2,1H3. The number of rotatable bonds is 4. The van der Waals surface area contributed by atoms with Crippen LogP contribution in [0.1, 0.15) is 6.92 Å². The van der Waals surface area contributed by atoms with E-state index in [0.29, 0.717) is 23.8 Å². The van der Waals surface area contributed by atoms with Gasteiger partial charge in [-0.3, -0.25) is 0 Å². The zero-order chi connectivity index (χ0) is 13.9. The molecule has 0 aliphatic carbocycles. The second-order valence-corrected chi connectivity index (χ2v) is 4.35. The Hall–Kier alpha value is -2.56. The number of nitrogens with two attached hydrogens (primary N) is 1. The Morgan fingerprint density at radius 1 is 1.15 bits per heavy atom. The Morgan fingerprint density at radius 2 is 1.90 bits per heavy atom. The van der Waals surface area contributed by atoms with Crippen molar-refractivity contribution in [3.8, 4) is 17.2 Å². The predicted octanol–water partition coefficient (Wildman–Crippen LogP) is 3.14. The van der Waals surface area contributed by atoms with Crippen LogP contribution in [0.4, 0.5) is 17.1 Å². The van der Waals surface area contributed by atoms with Crippen molar-refractivity contribution in [3.05, 3.63) is 36.4 Å². The van der Waals surface area contributed by atoms with Crippen molar-refractivity contribution in [3.63, 3.8) is 0 Å². The maximum atomic E-state index is 6.03. The van der Waals surface area contributed by atoms with Gasteiger partial charge in [0.05, 0.1) is 23.7 Å². The number of hydrogen-bond donors (Lipinski definition) is 2. The topological polar surface area (TPSA) is 65.7 Å². The molecule has 20 heavy (non-hydrogen) atoms. The molecule has 3 rings (SSSR count). The molecule has 0 fully saturated rings. The molecule has 0 amide bonds. The van der Waals surface area contributed by atoms with Crippen LogP contribution in [0.15, 0.2) is 36.4 Å². The van der Waals surface area contributed by atoms with Crippen molar-refractivity contribution >= 4 is 17.1 Å². The van der Waals surface area contributed by atoms with Crippen molar-refractivity contribution in [2.45, 2.75) is 6.92 Å². The summed E-state index contributed by atoms with van der Waals surface area (Å²) in [5, 5.41) is 3.27. The number of para-hydroxylation sites is 2. The number of fused-ring (bicyclic) bond motifs is 1. The first-order valence-corrected chi connectivity index (χ1v) is 6.46. The monoisotopic (exact) mass is 272 g/mol. The number of benzene rings is 2. The first kappa shape index (κ1) is 12.5. The van der Waals surface area contributed by atoms with Gasteiger partial charge in [-0.25, -0.2) is 0 Å². The summed E-state index contributed by atoms with van der Waals surface area (Å²) in [6.07, 6.45) is 0. The van der Waals surface area contributed by atoms with Gasteiger partial charge in [-0.05, 0) is 19.1 Å². The summed E-state index contributed by atoms with van der Waals surface area (Å²) in [5.74, 6) is 2.15. The maximum Gasteiger partial charge on any atom is 0.231 e. The van der Waals surface area contributed by atoms with Gasteiger partial charge < -0.3 is 25.3 Å². The van der Waals surface area contributed by atoms with E-state index >= 15 is 0 Å². The molecule has 104 valence electrons. The molecule has 2 aromatic carbocycles. The van der Waals surface area contributed by atoms with E-state index in [4.69, 9.17) is 19.9 Å². The van der Waals surface area contributed by atoms with E-state index < -0.39 is 0 Å². The molecule has 0 aromatic heterocycles. The smallest absolute Gasteiger partial charge is 0.231 e. The van der Waals surface area contributed by atoms with Gasteiger partial charge in [-0.2, -0.15) is 0 Å². The zero-order valence-corrected chi connectivity index (χ0v) is 11.2. The molecule has 0 saturated carbocycles. The van der Waals surface area contributed by atoms with Crippen LogP contribution in [0, 0.1) is 0 Å². The highest BCUT2D eigenvalue weighted by atomic mass is 16.7. The number of nitrogen functional groups attached to an aromatic ring is 1. The fourth-order valence-electron chi connectivity index (χ4n) is 2.06. The van der Waals surface area contributed by atoms with E-state index in [9.17, 15) is 0 Å². The Balaban J connectivity index is 1.92. The van der Waals surface area contributed by atoms with E-state index in [2.05, 4.69) is 5.32 Å². The van der Waals surface area contributed by atoms with Gasteiger partial charge >= 0.3 is 0 Å². The Labute approximate surface area is 117 Å². The fourth-order valence-corrected chi connectivity index (χ4v) is 2.06. The third kappa shape index (κ3) is 2.30. The molecule has 5 heteroatoms. The van der Waals surface area contributed by atoms with Gasteiger partial charge in [0.1, 0.15) is 5.75 Å². The lowest BCUT2D eigenvalue weighted by molar-refractivity contribution is 0.174. The molecule has 2 aromatic rings. The van der Waals surface area contributed by atoms with Gasteiger partial charge in [0.25, 0.3) is 0 Å². The van der Waals surface area contributed by atoms with Crippen LogP contribution < -0.4 is 25.3 Å². The van der Waals surface area contributed by atoms with E-state index in [1.165, 1.54) is 0 Å². The fraction of sp³-hybridized carbons (Fsp3) is 0.200. The summed E-state index contributed by atoms with van der Waals surface area (Å²) in [6.45, 7) is 2.79.